The first kappa shape index (κ1) is 25.2. The predicted octanol–water partition coefficient (Wildman–Crippen LogP) is 5.87. The zero-order valence-electron chi connectivity index (χ0n) is 17.3. The number of carbonyl (C=O) groups is 2. The Morgan fingerprint density at radius 2 is 1.87 bits per heavy atom. The second-order valence-corrected chi connectivity index (χ2v) is 7.42. The molecule has 0 unspecified atom stereocenters. The molecule has 3 aromatic rings. The van der Waals surface area contributed by atoms with Gasteiger partial charge in [0, 0.05) is 56.1 Å². The molecule has 0 bridgehead atoms. The number of nitrogens with zero attached hydrogens (tertiary/aromatic N) is 2. The monoisotopic (exact) mass is 512 g/mol. The van der Waals surface area contributed by atoms with Gasteiger partial charge in [0.05, 0.1) is 16.9 Å². The Hall–Kier alpha value is -2.06. The van der Waals surface area contributed by atoms with Gasteiger partial charge in [-0.15, -0.1) is 12.2 Å². The summed E-state index contributed by atoms with van der Waals surface area (Å²) in [5.41, 5.74) is 19.2. The van der Waals surface area contributed by atoms with Crippen molar-refractivity contribution in [3.05, 3.63) is 75.8 Å². The molecule has 1 fully saturated rings. The minimum absolute atomic E-state index is 0. The molecule has 1 radical (unpaired) electrons. The first-order chi connectivity index (χ1) is 14.3. The van der Waals surface area contributed by atoms with Crippen LogP contribution in [0.1, 0.15) is 23.2 Å². The van der Waals surface area contributed by atoms with Crippen LogP contribution in [0.15, 0.2) is 42.5 Å². The molecule has 3 amide bonds. The van der Waals surface area contributed by atoms with E-state index in [-0.39, 0.29) is 45.2 Å². The fourth-order valence-corrected chi connectivity index (χ4v) is 3.25. The number of aromatic nitrogens is 1. The fourth-order valence-electron chi connectivity index (χ4n) is 3.07. The van der Waals surface area contributed by atoms with Gasteiger partial charge in [0.25, 0.3) is 0 Å². The second-order valence-electron chi connectivity index (χ2n) is 7.02. The summed E-state index contributed by atoms with van der Waals surface area (Å²) in [6, 6.07) is 12.4. The standard InChI is InChI=1S/C15H15N4O2.C7H7ClN.Y/c1-9-13(19-5-4-14(20)18-15(19)21)7-11-3-2-10(8-16)6-12(11)17-9;1-5-2-3-6(9)4-7(5)8;/h2-3,6-7,16H,4-5,8H2,1H3,(H,18,20,21);2-4,9H,1H3;/q2*-1;. The number of imide groups is 1. The van der Waals surface area contributed by atoms with Crippen LogP contribution in [-0.2, 0) is 44.0 Å². The number of rotatable bonds is 2. The summed E-state index contributed by atoms with van der Waals surface area (Å²) in [5, 5.41) is 3.90. The normalized spacial score (nSPS) is 13.2. The number of pyridine rings is 1. The van der Waals surface area contributed by atoms with E-state index in [2.05, 4.69) is 10.3 Å². The summed E-state index contributed by atoms with van der Waals surface area (Å²) >= 11 is 5.69. The van der Waals surface area contributed by atoms with Gasteiger partial charge in [0.2, 0.25) is 5.91 Å². The number of benzene rings is 2. The Kier molecular flexibility index (Phi) is 8.94. The molecule has 7 nitrogen and oxygen atoms in total. The van der Waals surface area contributed by atoms with Gasteiger partial charge in [0.1, 0.15) is 0 Å². The summed E-state index contributed by atoms with van der Waals surface area (Å²) in [4.78, 5) is 29.2. The Balaban J connectivity index is 0.000000289. The zero-order chi connectivity index (χ0) is 21.8. The second kappa shape index (κ2) is 11.0. The summed E-state index contributed by atoms with van der Waals surface area (Å²) in [6.45, 7) is 4.34. The SMILES string of the molecule is Cc1ccc([NH-])cc1Cl.Cc1nc2cc(C[NH-])ccc2cc1N1CCC(=O)NC1=O.[Y]. The maximum absolute atomic E-state index is 11.9. The third-order valence-electron chi connectivity index (χ3n) is 4.77. The van der Waals surface area contributed by atoms with E-state index in [1.165, 1.54) is 0 Å². The molecule has 4 rings (SSSR count). The molecule has 0 atom stereocenters. The number of nitrogens with one attached hydrogen (secondary N) is 3. The zero-order valence-corrected chi connectivity index (χ0v) is 20.9. The van der Waals surface area contributed by atoms with Crippen molar-refractivity contribution >= 4 is 45.8 Å². The number of carbonyl (C=O) groups excluding carboxylic acids is 2. The first-order valence-electron chi connectivity index (χ1n) is 9.42. The Labute approximate surface area is 211 Å². The van der Waals surface area contributed by atoms with Crippen LogP contribution in [-0.4, -0.2) is 23.5 Å². The van der Waals surface area contributed by atoms with Gasteiger partial charge in [0.15, 0.2) is 0 Å². The van der Waals surface area contributed by atoms with Crippen LogP contribution in [0.2, 0.25) is 5.02 Å². The van der Waals surface area contributed by atoms with E-state index in [1.807, 2.05) is 44.2 Å². The molecular formula is C22H22ClN5O2Y-2. The topological polar surface area (TPSA) is 110 Å². The number of hydrogen-bond acceptors (Lipinski definition) is 3. The number of amides is 3. The van der Waals surface area contributed by atoms with Gasteiger partial charge in [-0.3, -0.25) is 20.0 Å². The molecule has 0 saturated carbocycles. The molecule has 1 aromatic heterocycles. The molecule has 159 valence electrons. The van der Waals surface area contributed by atoms with Crippen molar-refractivity contribution in [2.75, 3.05) is 11.4 Å². The smallest absolute Gasteiger partial charge is 0.328 e. The van der Waals surface area contributed by atoms with Gasteiger partial charge < -0.3 is 11.5 Å². The molecule has 3 N–H and O–H groups in total. The molecule has 1 aliphatic rings. The van der Waals surface area contributed by atoms with Crippen molar-refractivity contribution in [1.29, 1.82) is 0 Å². The van der Waals surface area contributed by atoms with Crippen molar-refractivity contribution in [3.8, 4) is 0 Å². The number of aryl methyl sites for hydroxylation is 2. The van der Waals surface area contributed by atoms with Crippen molar-refractivity contribution in [3.63, 3.8) is 0 Å². The van der Waals surface area contributed by atoms with Crippen LogP contribution >= 0.6 is 11.6 Å². The predicted molar refractivity (Wildman–Crippen MR) is 120 cm³/mol. The molecule has 1 saturated heterocycles. The molecule has 0 spiro atoms. The molecule has 0 aliphatic carbocycles. The van der Waals surface area contributed by atoms with Gasteiger partial charge in [-0.2, -0.15) is 0 Å². The van der Waals surface area contributed by atoms with Crippen LogP contribution < -0.4 is 10.2 Å². The van der Waals surface area contributed by atoms with Crippen molar-refractivity contribution in [2.45, 2.75) is 26.8 Å². The summed E-state index contributed by atoms with van der Waals surface area (Å²) in [7, 11) is 0. The largest absolute Gasteiger partial charge is 0.699 e. The quantitative estimate of drug-likeness (QED) is 0.463. The van der Waals surface area contributed by atoms with E-state index < -0.39 is 6.03 Å². The van der Waals surface area contributed by atoms with Gasteiger partial charge >= 0.3 is 6.03 Å². The molecular weight excluding hydrogens is 491 g/mol. The Bertz CT molecular complexity index is 1120. The Morgan fingerprint density at radius 3 is 2.48 bits per heavy atom. The summed E-state index contributed by atoms with van der Waals surface area (Å²) in [5.74, 6) is -0.247. The van der Waals surface area contributed by atoms with E-state index >= 15 is 0 Å². The van der Waals surface area contributed by atoms with Gasteiger partial charge in [-0.25, -0.2) is 4.79 Å². The fraction of sp³-hybridized carbons (Fsp3) is 0.227. The van der Waals surface area contributed by atoms with Crippen LogP contribution in [0.25, 0.3) is 22.4 Å². The molecule has 2 aromatic carbocycles. The maximum Gasteiger partial charge on any atom is 0.328 e. The van der Waals surface area contributed by atoms with Crippen molar-refractivity contribution in [1.82, 2.24) is 10.3 Å². The van der Waals surface area contributed by atoms with Gasteiger partial charge in [-0.1, -0.05) is 47.5 Å². The van der Waals surface area contributed by atoms with E-state index in [9.17, 15) is 9.59 Å². The molecule has 1 aliphatic heterocycles. The molecule has 31 heavy (non-hydrogen) atoms. The maximum atomic E-state index is 11.9. The summed E-state index contributed by atoms with van der Waals surface area (Å²) < 4.78 is 0. The minimum Gasteiger partial charge on any atom is -0.699 e. The number of halogens is 1. The van der Waals surface area contributed by atoms with E-state index in [1.54, 1.807) is 17.0 Å². The average molecular weight is 513 g/mol. The number of anilines is 1. The van der Waals surface area contributed by atoms with Crippen LogP contribution in [0.3, 0.4) is 0 Å². The van der Waals surface area contributed by atoms with Crippen molar-refractivity contribution in [2.24, 2.45) is 0 Å². The Morgan fingerprint density at radius 1 is 1.13 bits per heavy atom. The molecule has 9 heteroatoms. The minimum atomic E-state index is -0.404. The van der Waals surface area contributed by atoms with E-state index in [0.717, 1.165) is 27.7 Å². The first-order valence-corrected chi connectivity index (χ1v) is 9.80. The van der Waals surface area contributed by atoms with Crippen molar-refractivity contribution < 1.29 is 42.3 Å². The third kappa shape index (κ3) is 6.23. The van der Waals surface area contributed by atoms with E-state index in [4.69, 9.17) is 23.1 Å². The van der Waals surface area contributed by atoms with Gasteiger partial charge in [-0.05, 0) is 31.5 Å². The molecule has 2 heterocycles. The number of urea groups is 1. The number of hydrogen-bond donors (Lipinski definition) is 1. The average Bonchev–Trinajstić information content (AvgIpc) is 2.71. The van der Waals surface area contributed by atoms with Crippen LogP contribution in [0, 0.1) is 13.8 Å². The van der Waals surface area contributed by atoms with Crippen LogP contribution in [0.4, 0.5) is 16.2 Å². The van der Waals surface area contributed by atoms with Crippen LogP contribution in [0.5, 0.6) is 0 Å². The third-order valence-corrected chi connectivity index (χ3v) is 5.17. The summed E-state index contributed by atoms with van der Waals surface area (Å²) in [6.07, 6.45) is 0.293. The van der Waals surface area contributed by atoms with E-state index in [0.29, 0.717) is 29.4 Å². The number of fused-ring (bicyclic) bond motifs is 1.